The van der Waals surface area contributed by atoms with Crippen molar-refractivity contribution in [3.63, 3.8) is 0 Å². The Bertz CT molecular complexity index is 717. The van der Waals surface area contributed by atoms with E-state index in [2.05, 4.69) is 17.1 Å². The number of hydrogen-bond donors (Lipinski definition) is 1. The van der Waals surface area contributed by atoms with E-state index in [0.29, 0.717) is 10.7 Å². The summed E-state index contributed by atoms with van der Waals surface area (Å²) in [6.07, 6.45) is 1.79. The summed E-state index contributed by atoms with van der Waals surface area (Å²) in [6.45, 7) is 0. The lowest BCUT2D eigenvalue weighted by Gasteiger charge is -2.07. The van der Waals surface area contributed by atoms with Crippen LogP contribution in [0, 0.1) is 0 Å². The molecular weight excluding hydrogens is 244 g/mol. The Hall–Kier alpha value is -2.06. The first kappa shape index (κ1) is 11.1. The highest BCUT2D eigenvalue weighted by Gasteiger charge is 2.05. The summed E-state index contributed by atoms with van der Waals surface area (Å²) in [6, 6.07) is 15.7. The molecule has 0 aliphatic rings. The molecule has 0 aliphatic carbocycles. The molecule has 1 heterocycles. The summed E-state index contributed by atoms with van der Waals surface area (Å²) in [5.41, 5.74) is 9.47. The minimum absolute atomic E-state index is 0.577. The number of rotatable bonds is 1. The third kappa shape index (κ3) is 1.81. The first-order valence-electron chi connectivity index (χ1n) is 5.65. The van der Waals surface area contributed by atoms with Gasteiger partial charge in [0.2, 0.25) is 0 Å². The van der Waals surface area contributed by atoms with E-state index in [1.54, 1.807) is 6.20 Å². The van der Waals surface area contributed by atoms with Crippen molar-refractivity contribution in [1.29, 1.82) is 0 Å². The molecular formula is C15H11ClN2. The fourth-order valence-electron chi connectivity index (χ4n) is 2.05. The van der Waals surface area contributed by atoms with Crippen molar-refractivity contribution in [1.82, 2.24) is 4.98 Å². The maximum atomic E-state index is 6.07. The third-order valence-corrected chi connectivity index (χ3v) is 3.28. The molecule has 3 aromatic rings. The number of pyridine rings is 1. The molecule has 0 saturated carbocycles. The topological polar surface area (TPSA) is 38.9 Å². The number of halogens is 1. The molecule has 0 bridgehead atoms. The van der Waals surface area contributed by atoms with Crippen molar-refractivity contribution < 1.29 is 0 Å². The maximum absolute atomic E-state index is 6.07. The van der Waals surface area contributed by atoms with Crippen LogP contribution in [0.3, 0.4) is 0 Å². The molecule has 0 atom stereocenters. The van der Waals surface area contributed by atoms with E-state index in [0.717, 1.165) is 22.0 Å². The fourth-order valence-corrected chi connectivity index (χ4v) is 2.23. The molecule has 1 aromatic heterocycles. The minimum Gasteiger partial charge on any atom is -0.398 e. The average molecular weight is 255 g/mol. The van der Waals surface area contributed by atoms with Gasteiger partial charge in [-0.25, -0.2) is 0 Å². The van der Waals surface area contributed by atoms with E-state index in [1.165, 1.54) is 0 Å². The summed E-state index contributed by atoms with van der Waals surface area (Å²) >= 11 is 6.07. The van der Waals surface area contributed by atoms with Crippen LogP contribution in [-0.4, -0.2) is 4.98 Å². The van der Waals surface area contributed by atoms with Gasteiger partial charge in [0.05, 0.1) is 16.2 Å². The van der Waals surface area contributed by atoms with E-state index in [1.807, 2.05) is 36.4 Å². The van der Waals surface area contributed by atoms with Crippen LogP contribution in [0.2, 0.25) is 5.02 Å². The van der Waals surface area contributed by atoms with Crippen LogP contribution >= 0.6 is 11.6 Å². The number of hydrogen-bond acceptors (Lipinski definition) is 2. The largest absolute Gasteiger partial charge is 0.398 e. The summed E-state index contributed by atoms with van der Waals surface area (Å²) in [5, 5.41) is 1.69. The van der Waals surface area contributed by atoms with E-state index in [9.17, 15) is 0 Å². The summed E-state index contributed by atoms with van der Waals surface area (Å²) < 4.78 is 0. The van der Waals surface area contributed by atoms with Crippen molar-refractivity contribution in [2.45, 2.75) is 0 Å². The maximum Gasteiger partial charge on any atom is 0.0708 e. The molecule has 88 valence electrons. The fraction of sp³-hybridized carbons (Fsp3) is 0. The first-order valence-corrected chi connectivity index (χ1v) is 6.02. The number of anilines is 1. The molecule has 3 rings (SSSR count). The second kappa shape index (κ2) is 4.31. The van der Waals surface area contributed by atoms with Crippen molar-refractivity contribution >= 4 is 28.2 Å². The van der Waals surface area contributed by atoms with Crippen LogP contribution < -0.4 is 5.73 Å². The highest BCUT2D eigenvalue weighted by molar-refractivity contribution is 6.33. The lowest BCUT2D eigenvalue weighted by atomic mass is 10.0. The van der Waals surface area contributed by atoms with Crippen molar-refractivity contribution in [3.05, 3.63) is 59.8 Å². The molecule has 2 aromatic carbocycles. The Morgan fingerprint density at radius 3 is 2.72 bits per heavy atom. The van der Waals surface area contributed by atoms with Gasteiger partial charge in [-0.15, -0.1) is 0 Å². The molecule has 0 amide bonds. The van der Waals surface area contributed by atoms with Crippen LogP contribution in [0.15, 0.2) is 54.7 Å². The van der Waals surface area contributed by atoms with Crippen molar-refractivity contribution in [2.75, 3.05) is 5.73 Å². The van der Waals surface area contributed by atoms with Crippen LogP contribution in [0.5, 0.6) is 0 Å². The molecule has 3 heteroatoms. The van der Waals surface area contributed by atoms with Crippen molar-refractivity contribution in [3.8, 4) is 11.1 Å². The number of nitrogen functional groups attached to an aromatic ring is 1. The van der Waals surface area contributed by atoms with Crippen LogP contribution in [0.25, 0.3) is 22.0 Å². The van der Waals surface area contributed by atoms with E-state index < -0.39 is 0 Å². The lowest BCUT2D eigenvalue weighted by molar-refractivity contribution is 1.41. The Kier molecular flexibility index (Phi) is 2.65. The molecule has 0 unspecified atom stereocenters. The van der Waals surface area contributed by atoms with Gasteiger partial charge in [0.25, 0.3) is 0 Å². The second-order valence-electron chi connectivity index (χ2n) is 4.11. The van der Waals surface area contributed by atoms with Crippen LogP contribution in [0.1, 0.15) is 0 Å². The van der Waals surface area contributed by atoms with Gasteiger partial charge < -0.3 is 5.73 Å². The van der Waals surface area contributed by atoms with Crippen LogP contribution in [-0.2, 0) is 0 Å². The molecule has 18 heavy (non-hydrogen) atoms. The second-order valence-corrected chi connectivity index (χ2v) is 4.52. The summed E-state index contributed by atoms with van der Waals surface area (Å²) in [7, 11) is 0. The summed E-state index contributed by atoms with van der Waals surface area (Å²) in [5.74, 6) is 0. The number of nitrogens with zero attached hydrogens (tertiary/aromatic N) is 1. The molecule has 0 spiro atoms. The third-order valence-electron chi connectivity index (χ3n) is 2.96. The highest BCUT2D eigenvalue weighted by Crippen LogP contribution is 2.31. The number of benzene rings is 2. The van der Waals surface area contributed by atoms with Gasteiger partial charge in [0.1, 0.15) is 0 Å². The van der Waals surface area contributed by atoms with E-state index in [-0.39, 0.29) is 0 Å². The molecule has 2 N–H and O–H groups in total. The van der Waals surface area contributed by atoms with Gasteiger partial charge in [-0.2, -0.15) is 0 Å². The Labute approximate surface area is 110 Å². The minimum atomic E-state index is 0.577. The quantitative estimate of drug-likeness (QED) is 0.663. The lowest BCUT2D eigenvalue weighted by Crippen LogP contribution is -1.88. The zero-order valence-electron chi connectivity index (χ0n) is 9.60. The van der Waals surface area contributed by atoms with Gasteiger partial charge in [0.15, 0.2) is 0 Å². The zero-order valence-corrected chi connectivity index (χ0v) is 10.4. The molecule has 0 radical (unpaired) electrons. The van der Waals surface area contributed by atoms with Gasteiger partial charge in [-0.05, 0) is 35.4 Å². The molecule has 0 saturated heterocycles. The predicted octanol–water partition coefficient (Wildman–Crippen LogP) is 4.14. The van der Waals surface area contributed by atoms with Gasteiger partial charge >= 0.3 is 0 Å². The Morgan fingerprint density at radius 2 is 1.89 bits per heavy atom. The van der Waals surface area contributed by atoms with E-state index in [4.69, 9.17) is 17.3 Å². The number of aromatic nitrogens is 1. The SMILES string of the molecule is Nc1ccc(-c2cccc3ncccc23)cc1Cl. The van der Waals surface area contributed by atoms with Gasteiger partial charge in [-0.3, -0.25) is 4.98 Å². The average Bonchev–Trinajstić information content (AvgIpc) is 2.41. The van der Waals surface area contributed by atoms with E-state index >= 15 is 0 Å². The van der Waals surface area contributed by atoms with Gasteiger partial charge in [-0.1, -0.05) is 35.9 Å². The molecule has 0 aliphatic heterocycles. The molecule has 0 fully saturated rings. The molecule has 2 nitrogen and oxygen atoms in total. The Balaban J connectivity index is 2.28. The zero-order chi connectivity index (χ0) is 12.5. The summed E-state index contributed by atoms with van der Waals surface area (Å²) in [4.78, 5) is 4.35. The number of nitrogens with two attached hydrogens (primary N) is 1. The van der Waals surface area contributed by atoms with Gasteiger partial charge in [0, 0.05) is 11.6 Å². The first-order chi connectivity index (χ1) is 8.75. The Morgan fingerprint density at radius 1 is 1.00 bits per heavy atom. The monoisotopic (exact) mass is 254 g/mol. The predicted molar refractivity (Wildman–Crippen MR) is 76.6 cm³/mol. The van der Waals surface area contributed by atoms with Crippen LogP contribution in [0.4, 0.5) is 5.69 Å². The smallest absolute Gasteiger partial charge is 0.0708 e. The highest BCUT2D eigenvalue weighted by atomic mass is 35.5. The van der Waals surface area contributed by atoms with Crippen molar-refractivity contribution in [2.24, 2.45) is 0 Å². The normalized spacial score (nSPS) is 10.7. The standard InChI is InChI=1S/C15H11ClN2/c16-13-9-10(6-7-14(13)17)11-3-1-5-15-12(11)4-2-8-18-15/h1-9H,17H2. The number of fused-ring (bicyclic) bond motifs is 1.